The van der Waals surface area contributed by atoms with Crippen molar-refractivity contribution in [3.05, 3.63) is 164 Å². The van der Waals surface area contributed by atoms with E-state index in [4.69, 9.17) is 9.72 Å². The summed E-state index contributed by atoms with van der Waals surface area (Å²) in [6.07, 6.45) is 5.73. The fourth-order valence-electron chi connectivity index (χ4n) is 7.84. The normalized spacial score (nSPS) is 13.0. The van der Waals surface area contributed by atoms with Crippen molar-refractivity contribution in [2.45, 2.75) is 26.2 Å². The Morgan fingerprint density at radius 1 is 0.547 bits per heavy atom. The summed E-state index contributed by atoms with van der Waals surface area (Å²) in [6.45, 7) is 7.35. The molecule has 0 amide bonds. The van der Waals surface area contributed by atoms with Gasteiger partial charge in [-0.2, -0.15) is 0 Å². The first-order chi connectivity index (χ1) is 25.9. The lowest BCUT2D eigenvalue weighted by Crippen LogP contribution is -2.23. The van der Waals surface area contributed by atoms with Gasteiger partial charge in [-0.3, -0.25) is 9.55 Å². The van der Waals surface area contributed by atoms with E-state index in [-0.39, 0.29) is 5.41 Å². The van der Waals surface area contributed by atoms with Crippen LogP contribution in [0.3, 0.4) is 0 Å². The highest BCUT2D eigenvalue weighted by Gasteiger charge is 2.29. The third-order valence-corrected chi connectivity index (χ3v) is 10.5. The molecule has 1 aliphatic heterocycles. The fraction of sp³-hybridized carbons (Fsp3) is 0.106. The molecule has 0 spiro atoms. The molecule has 0 bridgehead atoms. The second-order valence-corrected chi connectivity index (χ2v) is 14.8. The van der Waals surface area contributed by atoms with E-state index in [0.29, 0.717) is 6.67 Å². The Hall–Kier alpha value is -6.66. The molecule has 6 aromatic carbocycles. The lowest BCUT2D eigenvalue weighted by Gasteiger charge is -2.23. The van der Waals surface area contributed by atoms with Crippen LogP contribution in [0.2, 0.25) is 0 Å². The van der Waals surface area contributed by atoms with Crippen LogP contribution in [-0.2, 0) is 5.41 Å². The van der Waals surface area contributed by atoms with E-state index in [1.807, 2.05) is 24.7 Å². The topological polar surface area (TPSA) is 46.4 Å². The number of benzene rings is 6. The summed E-state index contributed by atoms with van der Waals surface area (Å²) in [4.78, 5) is 14.0. The van der Waals surface area contributed by atoms with Gasteiger partial charge in [0.2, 0.25) is 0 Å². The van der Waals surface area contributed by atoms with E-state index in [9.17, 15) is 0 Å². The minimum absolute atomic E-state index is 0.00347. The Kier molecular flexibility index (Phi) is 7.02. The van der Waals surface area contributed by atoms with E-state index in [1.54, 1.807) is 0 Å². The lowest BCUT2D eigenvalue weighted by atomic mass is 9.88. The Labute approximate surface area is 308 Å². The SMILES string of the molecule is CC(C)(C)c1ccnc(-n2c3ccccc3c3ccc(Oc4cccc(N5CN(c6ccc7c(ccc8ccccc87)c6)c6ccncc65)c4)cc32)c1. The molecule has 0 aliphatic carbocycles. The Bertz CT molecular complexity index is 2870. The van der Waals surface area contributed by atoms with Gasteiger partial charge in [-0.05, 0) is 93.2 Å². The number of hydrogen-bond donors (Lipinski definition) is 0. The summed E-state index contributed by atoms with van der Waals surface area (Å²) < 4.78 is 8.90. The minimum atomic E-state index is 0.00347. The second kappa shape index (κ2) is 12.0. The molecule has 256 valence electrons. The molecule has 6 heteroatoms. The zero-order valence-corrected chi connectivity index (χ0v) is 29.9. The van der Waals surface area contributed by atoms with E-state index >= 15 is 0 Å². The molecule has 0 saturated carbocycles. The first kappa shape index (κ1) is 31.1. The van der Waals surface area contributed by atoms with Crippen molar-refractivity contribution in [2.75, 3.05) is 16.5 Å². The summed E-state index contributed by atoms with van der Waals surface area (Å²) in [5, 5.41) is 7.35. The standard InChI is InChI=1S/C47H37N5O/c1-47(2,3)33-21-24-49-46(26-33)52-42-14-7-6-13-40(42)41-20-18-37(28-44(41)52)53-36-11-8-10-34(27-36)51-30-50(43-22-23-48-29-45(43)51)35-17-19-39-32(25-35)16-15-31-9-4-5-12-38(31)39/h4-29H,30H2,1-3H3. The van der Waals surface area contributed by atoms with E-state index in [2.05, 4.69) is 174 Å². The number of para-hydroxylation sites is 1. The van der Waals surface area contributed by atoms with Gasteiger partial charge in [-0.15, -0.1) is 0 Å². The van der Waals surface area contributed by atoms with Crippen molar-refractivity contribution in [3.63, 3.8) is 0 Å². The molecule has 0 radical (unpaired) electrons. The van der Waals surface area contributed by atoms with Gasteiger partial charge < -0.3 is 14.5 Å². The quantitative estimate of drug-likeness (QED) is 0.169. The third-order valence-electron chi connectivity index (χ3n) is 10.5. The van der Waals surface area contributed by atoms with Gasteiger partial charge in [-0.1, -0.05) is 87.5 Å². The van der Waals surface area contributed by atoms with Crippen molar-refractivity contribution in [3.8, 4) is 17.3 Å². The van der Waals surface area contributed by atoms with Crippen LogP contribution in [-0.4, -0.2) is 21.2 Å². The van der Waals surface area contributed by atoms with Gasteiger partial charge >= 0.3 is 0 Å². The number of ether oxygens (including phenoxy) is 1. The summed E-state index contributed by atoms with van der Waals surface area (Å²) >= 11 is 0. The smallest absolute Gasteiger partial charge is 0.137 e. The maximum atomic E-state index is 6.64. The number of anilines is 4. The maximum absolute atomic E-state index is 6.64. The molecule has 3 aromatic heterocycles. The van der Waals surface area contributed by atoms with Crippen LogP contribution in [0.15, 0.2) is 158 Å². The fourth-order valence-corrected chi connectivity index (χ4v) is 7.84. The van der Waals surface area contributed by atoms with Gasteiger partial charge in [0.1, 0.15) is 24.0 Å². The summed E-state index contributed by atoms with van der Waals surface area (Å²) in [5.74, 6) is 2.42. The Balaban J connectivity index is 0.994. The molecule has 9 aromatic rings. The summed E-state index contributed by atoms with van der Waals surface area (Å²) in [6, 6.07) is 49.4. The predicted octanol–water partition coefficient (Wildman–Crippen LogP) is 12.2. The molecule has 0 fully saturated rings. The molecular weight excluding hydrogens is 651 g/mol. The molecule has 0 N–H and O–H groups in total. The second-order valence-electron chi connectivity index (χ2n) is 14.8. The molecule has 10 rings (SSSR count). The third kappa shape index (κ3) is 5.25. The highest BCUT2D eigenvalue weighted by molar-refractivity contribution is 6.10. The number of hydrogen-bond acceptors (Lipinski definition) is 5. The Morgan fingerprint density at radius 3 is 2.19 bits per heavy atom. The van der Waals surface area contributed by atoms with E-state index < -0.39 is 0 Å². The van der Waals surface area contributed by atoms with E-state index in [0.717, 1.165) is 56.5 Å². The van der Waals surface area contributed by atoms with Crippen molar-refractivity contribution in [1.82, 2.24) is 14.5 Å². The van der Waals surface area contributed by atoms with Crippen LogP contribution >= 0.6 is 0 Å². The molecule has 6 nitrogen and oxygen atoms in total. The number of rotatable bonds is 5. The number of pyridine rings is 2. The monoisotopic (exact) mass is 687 g/mol. The average Bonchev–Trinajstić information content (AvgIpc) is 3.74. The van der Waals surface area contributed by atoms with Crippen molar-refractivity contribution in [2.24, 2.45) is 0 Å². The largest absolute Gasteiger partial charge is 0.457 e. The van der Waals surface area contributed by atoms with Crippen LogP contribution in [0.25, 0.3) is 49.2 Å². The zero-order chi connectivity index (χ0) is 35.7. The van der Waals surface area contributed by atoms with Gasteiger partial charge in [0.05, 0.1) is 28.6 Å². The van der Waals surface area contributed by atoms with Crippen molar-refractivity contribution in [1.29, 1.82) is 0 Å². The first-order valence-electron chi connectivity index (χ1n) is 18.1. The van der Waals surface area contributed by atoms with Crippen LogP contribution in [0, 0.1) is 0 Å². The minimum Gasteiger partial charge on any atom is -0.457 e. The molecule has 4 heterocycles. The highest BCUT2D eigenvalue weighted by atomic mass is 16.5. The Morgan fingerprint density at radius 2 is 1.28 bits per heavy atom. The van der Waals surface area contributed by atoms with Gasteiger partial charge in [0.15, 0.2) is 0 Å². The molecule has 0 unspecified atom stereocenters. The maximum Gasteiger partial charge on any atom is 0.137 e. The molecular formula is C47H37N5O. The summed E-state index contributed by atoms with van der Waals surface area (Å²) in [5.41, 5.74) is 7.76. The van der Waals surface area contributed by atoms with Crippen LogP contribution in [0.5, 0.6) is 11.5 Å². The van der Waals surface area contributed by atoms with Gasteiger partial charge in [0, 0.05) is 46.7 Å². The molecule has 0 atom stereocenters. The van der Waals surface area contributed by atoms with Crippen molar-refractivity contribution >= 4 is 66.1 Å². The number of aromatic nitrogens is 3. The summed E-state index contributed by atoms with van der Waals surface area (Å²) in [7, 11) is 0. The number of nitrogens with zero attached hydrogens (tertiary/aromatic N) is 5. The van der Waals surface area contributed by atoms with Crippen LogP contribution < -0.4 is 14.5 Å². The molecule has 53 heavy (non-hydrogen) atoms. The van der Waals surface area contributed by atoms with Gasteiger partial charge in [-0.25, -0.2) is 4.98 Å². The highest BCUT2D eigenvalue weighted by Crippen LogP contribution is 2.45. The zero-order valence-electron chi connectivity index (χ0n) is 29.9. The van der Waals surface area contributed by atoms with Crippen molar-refractivity contribution < 1.29 is 4.74 Å². The van der Waals surface area contributed by atoms with Crippen LogP contribution in [0.1, 0.15) is 26.3 Å². The molecule has 0 saturated heterocycles. The van der Waals surface area contributed by atoms with E-state index in [1.165, 1.54) is 32.5 Å². The predicted molar refractivity (Wildman–Crippen MR) is 219 cm³/mol. The first-order valence-corrected chi connectivity index (χ1v) is 18.1. The molecule has 1 aliphatic rings. The lowest BCUT2D eigenvalue weighted by molar-refractivity contribution is 0.483. The van der Waals surface area contributed by atoms with Crippen LogP contribution in [0.4, 0.5) is 22.7 Å². The van der Waals surface area contributed by atoms with Gasteiger partial charge in [0.25, 0.3) is 0 Å². The number of fused-ring (bicyclic) bond motifs is 7. The average molecular weight is 688 g/mol.